The van der Waals surface area contributed by atoms with E-state index in [9.17, 15) is 0 Å². The van der Waals surface area contributed by atoms with Crippen molar-refractivity contribution in [3.05, 3.63) is 28.2 Å². The molecule has 0 saturated heterocycles. The average Bonchev–Trinajstić information content (AvgIpc) is 2.45. The zero-order valence-electron chi connectivity index (χ0n) is 13.4. The molecule has 2 bridgehead atoms. The molecule has 1 aromatic rings. The molecule has 3 aliphatic rings. The first-order chi connectivity index (χ1) is 9.93. The molecule has 0 amide bonds. The minimum atomic E-state index is 0.561. The van der Waals surface area contributed by atoms with Crippen LogP contribution in [-0.2, 0) is 6.54 Å². The fourth-order valence-corrected chi connectivity index (χ4v) is 4.95. The first-order valence-electron chi connectivity index (χ1n) is 7.99. The molecule has 3 saturated carbocycles. The summed E-state index contributed by atoms with van der Waals surface area (Å²) < 4.78 is 6.58. The number of halogens is 1. The number of hydrogen-bond donors (Lipinski definition) is 1. The lowest BCUT2D eigenvalue weighted by Gasteiger charge is -2.62. The molecular formula is C18H26BrNO. The summed E-state index contributed by atoms with van der Waals surface area (Å²) in [7, 11) is 1.74. The van der Waals surface area contributed by atoms with Crippen molar-refractivity contribution in [3.8, 4) is 5.75 Å². The van der Waals surface area contributed by atoms with Gasteiger partial charge in [0.05, 0.1) is 7.11 Å². The van der Waals surface area contributed by atoms with Crippen LogP contribution in [0.2, 0.25) is 0 Å². The monoisotopic (exact) mass is 351 g/mol. The summed E-state index contributed by atoms with van der Waals surface area (Å²) in [6, 6.07) is 6.87. The van der Waals surface area contributed by atoms with Gasteiger partial charge in [0, 0.05) is 22.6 Å². The van der Waals surface area contributed by atoms with Crippen molar-refractivity contribution in [2.24, 2.45) is 23.2 Å². The summed E-state index contributed by atoms with van der Waals surface area (Å²) in [6.45, 7) is 8.22. The minimum absolute atomic E-state index is 0.561. The number of methoxy groups -OCH3 is 1. The molecule has 0 heterocycles. The number of rotatable bonds is 4. The van der Waals surface area contributed by atoms with Crippen LogP contribution in [0.15, 0.2) is 22.7 Å². The van der Waals surface area contributed by atoms with Gasteiger partial charge < -0.3 is 10.1 Å². The molecule has 1 N–H and O–H groups in total. The lowest BCUT2D eigenvalue weighted by atomic mass is 9.45. The first-order valence-corrected chi connectivity index (χ1v) is 8.78. The van der Waals surface area contributed by atoms with Crippen molar-refractivity contribution in [1.29, 1.82) is 0 Å². The van der Waals surface area contributed by atoms with Gasteiger partial charge in [0.15, 0.2) is 0 Å². The van der Waals surface area contributed by atoms with Gasteiger partial charge in [-0.25, -0.2) is 0 Å². The van der Waals surface area contributed by atoms with E-state index in [0.29, 0.717) is 11.5 Å². The van der Waals surface area contributed by atoms with E-state index in [1.807, 2.05) is 12.1 Å². The van der Waals surface area contributed by atoms with E-state index >= 15 is 0 Å². The number of benzene rings is 1. The van der Waals surface area contributed by atoms with Gasteiger partial charge in [0.25, 0.3) is 0 Å². The van der Waals surface area contributed by atoms with Crippen molar-refractivity contribution in [3.63, 3.8) is 0 Å². The minimum Gasteiger partial charge on any atom is -0.496 e. The lowest BCUT2D eigenvalue weighted by molar-refractivity contribution is -0.115. The number of fused-ring (bicyclic) bond motifs is 2. The summed E-state index contributed by atoms with van der Waals surface area (Å²) in [4.78, 5) is 0. The third kappa shape index (κ3) is 2.63. The fourth-order valence-electron chi connectivity index (χ4n) is 4.55. The predicted molar refractivity (Wildman–Crippen MR) is 90.5 cm³/mol. The number of nitrogens with one attached hydrogen (secondary N) is 1. The Labute approximate surface area is 136 Å². The highest BCUT2D eigenvalue weighted by Gasteiger charge is 2.55. The molecule has 3 aliphatic carbocycles. The molecule has 0 radical (unpaired) electrons. The Morgan fingerprint density at radius 3 is 2.71 bits per heavy atom. The van der Waals surface area contributed by atoms with Gasteiger partial charge in [-0.15, -0.1) is 0 Å². The summed E-state index contributed by atoms with van der Waals surface area (Å²) >= 11 is 3.55. The largest absolute Gasteiger partial charge is 0.496 e. The third-order valence-electron chi connectivity index (χ3n) is 6.15. The van der Waals surface area contributed by atoms with Crippen molar-refractivity contribution in [2.75, 3.05) is 7.11 Å². The molecule has 4 rings (SSSR count). The second-order valence-corrected chi connectivity index (χ2v) is 8.31. The molecule has 3 fully saturated rings. The molecule has 21 heavy (non-hydrogen) atoms. The predicted octanol–water partition coefficient (Wildman–Crippen LogP) is 4.62. The van der Waals surface area contributed by atoms with Crippen LogP contribution >= 0.6 is 15.9 Å². The van der Waals surface area contributed by atoms with Crippen molar-refractivity contribution < 1.29 is 4.74 Å². The van der Waals surface area contributed by atoms with Crippen LogP contribution < -0.4 is 10.1 Å². The maximum Gasteiger partial charge on any atom is 0.123 e. The average molecular weight is 352 g/mol. The van der Waals surface area contributed by atoms with E-state index in [4.69, 9.17) is 4.74 Å². The summed E-state index contributed by atoms with van der Waals surface area (Å²) in [6.07, 6.45) is 2.76. The highest BCUT2D eigenvalue weighted by molar-refractivity contribution is 9.10. The van der Waals surface area contributed by atoms with E-state index in [-0.39, 0.29) is 0 Å². The Balaban J connectivity index is 1.65. The summed E-state index contributed by atoms with van der Waals surface area (Å²) in [5.74, 6) is 3.53. The zero-order valence-corrected chi connectivity index (χ0v) is 15.0. The number of hydrogen-bond acceptors (Lipinski definition) is 2. The van der Waals surface area contributed by atoms with Gasteiger partial charge in [-0.2, -0.15) is 0 Å². The second kappa shape index (κ2) is 5.58. The van der Waals surface area contributed by atoms with E-state index in [0.717, 1.165) is 34.5 Å². The van der Waals surface area contributed by atoms with Crippen LogP contribution in [0.4, 0.5) is 0 Å². The Hall–Kier alpha value is -0.540. The normalized spacial score (nSPS) is 33.4. The van der Waals surface area contributed by atoms with Crippen molar-refractivity contribution in [2.45, 2.75) is 46.2 Å². The Morgan fingerprint density at radius 1 is 1.33 bits per heavy atom. The van der Waals surface area contributed by atoms with Crippen LogP contribution in [0.25, 0.3) is 0 Å². The molecule has 0 unspecified atom stereocenters. The quantitative estimate of drug-likeness (QED) is 0.854. The van der Waals surface area contributed by atoms with Crippen LogP contribution in [0.3, 0.4) is 0 Å². The van der Waals surface area contributed by atoms with Gasteiger partial charge in [-0.3, -0.25) is 0 Å². The zero-order chi connectivity index (χ0) is 15.2. The fraction of sp³-hybridized carbons (Fsp3) is 0.667. The highest BCUT2D eigenvalue weighted by Crippen LogP contribution is 2.61. The number of ether oxygens (including phenoxy) is 1. The van der Waals surface area contributed by atoms with Crippen LogP contribution in [0.5, 0.6) is 5.75 Å². The standard InChI is InChI=1S/C18H26BrNO/c1-11-15-8-13(18(15,2)3)9-16(11)20-10-12-7-14(19)5-6-17(12)21-4/h5-7,11,13,15-16,20H,8-10H2,1-4H3/t11-,13+,15-,16-/m1/s1. The smallest absolute Gasteiger partial charge is 0.123 e. The molecule has 1 aromatic carbocycles. The molecular weight excluding hydrogens is 326 g/mol. The SMILES string of the molecule is COc1ccc(Br)cc1CN[C@@H]1C[C@@H]2C[C@H]([C@H]1C)C2(C)C. The van der Waals surface area contributed by atoms with E-state index in [2.05, 4.69) is 48.1 Å². The van der Waals surface area contributed by atoms with Gasteiger partial charge in [0.1, 0.15) is 5.75 Å². The van der Waals surface area contributed by atoms with E-state index < -0.39 is 0 Å². The highest BCUT2D eigenvalue weighted by atomic mass is 79.9. The van der Waals surface area contributed by atoms with Crippen LogP contribution in [0, 0.1) is 23.2 Å². The molecule has 0 aliphatic heterocycles. The van der Waals surface area contributed by atoms with Crippen LogP contribution in [-0.4, -0.2) is 13.2 Å². The maximum absolute atomic E-state index is 5.47. The molecule has 3 heteroatoms. The molecule has 2 nitrogen and oxygen atoms in total. The molecule has 0 aromatic heterocycles. The molecule has 4 atom stereocenters. The van der Waals surface area contributed by atoms with Crippen LogP contribution in [0.1, 0.15) is 39.2 Å². The Morgan fingerprint density at radius 2 is 2.10 bits per heavy atom. The van der Waals surface area contributed by atoms with Gasteiger partial charge >= 0.3 is 0 Å². The lowest BCUT2D eigenvalue weighted by Crippen LogP contribution is -2.59. The Kier molecular flexibility index (Phi) is 4.08. The van der Waals surface area contributed by atoms with E-state index in [1.54, 1.807) is 7.11 Å². The van der Waals surface area contributed by atoms with Gasteiger partial charge in [-0.1, -0.05) is 36.7 Å². The van der Waals surface area contributed by atoms with E-state index in [1.165, 1.54) is 18.4 Å². The topological polar surface area (TPSA) is 21.3 Å². The van der Waals surface area contributed by atoms with Crippen molar-refractivity contribution >= 4 is 15.9 Å². The molecule has 116 valence electrons. The summed E-state index contributed by atoms with van der Waals surface area (Å²) in [5.41, 5.74) is 1.79. The second-order valence-electron chi connectivity index (χ2n) is 7.40. The van der Waals surface area contributed by atoms with Gasteiger partial charge in [0.2, 0.25) is 0 Å². The Bertz CT molecular complexity index is 528. The molecule has 0 spiro atoms. The first kappa shape index (κ1) is 15.4. The summed E-state index contributed by atoms with van der Waals surface area (Å²) in [5, 5.41) is 3.79. The van der Waals surface area contributed by atoms with Crippen molar-refractivity contribution in [1.82, 2.24) is 5.32 Å². The van der Waals surface area contributed by atoms with Gasteiger partial charge in [-0.05, 0) is 54.2 Å². The third-order valence-corrected chi connectivity index (χ3v) is 6.64. The maximum atomic E-state index is 5.47.